The van der Waals surface area contributed by atoms with Crippen molar-refractivity contribution in [2.75, 3.05) is 5.73 Å². The number of anilines is 1. The lowest BCUT2D eigenvalue weighted by molar-refractivity contribution is -0.128. The molecular formula is C12H12F3N3O. The molecule has 1 heterocycles. The standard InChI is InChI=1S/C12H12F3N3O/c13-12(14,15)7-10-17-11(19-18-10)5-4-8-2-1-3-9(16)6-8/h1-3,6H,4-5,7,16H2. The number of nitrogen functional groups attached to an aromatic ring is 1. The van der Waals surface area contributed by atoms with Gasteiger partial charge >= 0.3 is 6.18 Å². The van der Waals surface area contributed by atoms with Crippen molar-refractivity contribution in [1.82, 2.24) is 10.1 Å². The molecule has 0 aliphatic carbocycles. The van der Waals surface area contributed by atoms with Crippen molar-refractivity contribution in [2.45, 2.75) is 25.4 Å². The average Bonchev–Trinajstić information content (AvgIpc) is 2.72. The Morgan fingerprint density at radius 1 is 1.21 bits per heavy atom. The quantitative estimate of drug-likeness (QED) is 0.868. The summed E-state index contributed by atoms with van der Waals surface area (Å²) in [6, 6.07) is 7.25. The number of aromatic nitrogens is 2. The molecule has 7 heteroatoms. The highest BCUT2D eigenvalue weighted by Crippen LogP contribution is 2.19. The third kappa shape index (κ3) is 4.27. The lowest BCUT2D eigenvalue weighted by atomic mass is 10.1. The summed E-state index contributed by atoms with van der Waals surface area (Å²) in [7, 11) is 0. The molecule has 0 spiro atoms. The summed E-state index contributed by atoms with van der Waals surface area (Å²) in [5.74, 6) is -0.142. The number of hydrogen-bond donors (Lipinski definition) is 1. The van der Waals surface area contributed by atoms with E-state index in [-0.39, 0.29) is 11.7 Å². The zero-order valence-electron chi connectivity index (χ0n) is 9.94. The second-order valence-electron chi connectivity index (χ2n) is 4.14. The van der Waals surface area contributed by atoms with Gasteiger partial charge in [-0.1, -0.05) is 17.3 Å². The van der Waals surface area contributed by atoms with Crippen LogP contribution in [0.2, 0.25) is 0 Å². The Bertz CT molecular complexity index is 551. The van der Waals surface area contributed by atoms with E-state index in [1.54, 1.807) is 12.1 Å². The van der Waals surface area contributed by atoms with E-state index in [0.29, 0.717) is 18.5 Å². The molecule has 19 heavy (non-hydrogen) atoms. The first-order chi connectivity index (χ1) is 8.92. The molecule has 0 aliphatic rings. The lowest BCUT2D eigenvalue weighted by Gasteiger charge is -2.00. The van der Waals surface area contributed by atoms with E-state index in [0.717, 1.165) is 5.56 Å². The van der Waals surface area contributed by atoms with E-state index < -0.39 is 12.6 Å². The van der Waals surface area contributed by atoms with E-state index >= 15 is 0 Å². The highest BCUT2D eigenvalue weighted by Gasteiger charge is 2.30. The fourth-order valence-corrected chi connectivity index (χ4v) is 1.64. The summed E-state index contributed by atoms with van der Waals surface area (Å²) in [5.41, 5.74) is 7.23. The van der Waals surface area contributed by atoms with Crippen molar-refractivity contribution in [1.29, 1.82) is 0 Å². The van der Waals surface area contributed by atoms with Gasteiger partial charge in [0.15, 0.2) is 5.82 Å². The molecule has 0 atom stereocenters. The topological polar surface area (TPSA) is 64.9 Å². The maximum Gasteiger partial charge on any atom is 0.396 e. The minimum atomic E-state index is -4.32. The normalized spacial score (nSPS) is 11.7. The molecule has 0 amide bonds. The van der Waals surface area contributed by atoms with Gasteiger partial charge in [0.2, 0.25) is 5.89 Å². The molecule has 1 aromatic carbocycles. The number of halogens is 3. The molecule has 0 fully saturated rings. The Morgan fingerprint density at radius 3 is 2.68 bits per heavy atom. The molecule has 102 valence electrons. The van der Waals surface area contributed by atoms with Crippen molar-refractivity contribution in [3.63, 3.8) is 0 Å². The molecule has 2 aromatic rings. The van der Waals surface area contributed by atoms with Crippen LogP contribution in [0.4, 0.5) is 18.9 Å². The predicted octanol–water partition coefficient (Wildman–Crippen LogP) is 2.54. The number of nitrogens with two attached hydrogens (primary N) is 1. The van der Waals surface area contributed by atoms with Crippen molar-refractivity contribution < 1.29 is 17.7 Å². The van der Waals surface area contributed by atoms with E-state index in [2.05, 4.69) is 10.1 Å². The summed E-state index contributed by atoms with van der Waals surface area (Å²) < 4.78 is 41.1. The fraction of sp³-hybridized carbons (Fsp3) is 0.333. The zero-order chi connectivity index (χ0) is 13.9. The summed E-state index contributed by atoms with van der Waals surface area (Å²) in [4.78, 5) is 3.70. The number of hydrogen-bond acceptors (Lipinski definition) is 4. The van der Waals surface area contributed by atoms with E-state index in [1.807, 2.05) is 12.1 Å². The van der Waals surface area contributed by atoms with Crippen molar-refractivity contribution in [3.8, 4) is 0 Å². The van der Waals surface area contributed by atoms with Crippen LogP contribution in [0.1, 0.15) is 17.3 Å². The molecule has 1 aromatic heterocycles. The summed E-state index contributed by atoms with van der Waals surface area (Å²) in [5, 5.41) is 3.30. The fourth-order valence-electron chi connectivity index (χ4n) is 1.64. The molecular weight excluding hydrogens is 259 g/mol. The van der Waals surface area contributed by atoms with Gasteiger partial charge in [-0.05, 0) is 24.1 Å². The second kappa shape index (κ2) is 5.29. The van der Waals surface area contributed by atoms with Crippen LogP contribution in [0.15, 0.2) is 28.8 Å². The molecule has 4 nitrogen and oxygen atoms in total. The van der Waals surface area contributed by atoms with Gasteiger partial charge in [-0.3, -0.25) is 0 Å². The van der Waals surface area contributed by atoms with E-state index in [9.17, 15) is 13.2 Å². The van der Waals surface area contributed by atoms with Gasteiger partial charge in [0.05, 0.1) is 0 Å². The van der Waals surface area contributed by atoms with Crippen LogP contribution in [0.3, 0.4) is 0 Å². The van der Waals surface area contributed by atoms with Crippen LogP contribution >= 0.6 is 0 Å². The van der Waals surface area contributed by atoms with Gasteiger partial charge in [0.1, 0.15) is 6.42 Å². The third-order valence-corrected chi connectivity index (χ3v) is 2.45. The zero-order valence-corrected chi connectivity index (χ0v) is 9.94. The first-order valence-corrected chi connectivity index (χ1v) is 5.65. The first kappa shape index (κ1) is 13.4. The Kier molecular flexibility index (Phi) is 3.73. The predicted molar refractivity (Wildman–Crippen MR) is 62.3 cm³/mol. The summed E-state index contributed by atoms with van der Waals surface area (Å²) in [6.45, 7) is 0. The van der Waals surface area contributed by atoms with Crippen LogP contribution in [-0.4, -0.2) is 16.3 Å². The van der Waals surface area contributed by atoms with Crippen molar-refractivity contribution in [3.05, 3.63) is 41.5 Å². The van der Waals surface area contributed by atoms with Gasteiger partial charge < -0.3 is 10.3 Å². The van der Waals surface area contributed by atoms with Crippen LogP contribution in [0.5, 0.6) is 0 Å². The van der Waals surface area contributed by atoms with Gasteiger partial charge in [0, 0.05) is 12.1 Å². The van der Waals surface area contributed by atoms with Crippen LogP contribution in [0.25, 0.3) is 0 Å². The largest absolute Gasteiger partial charge is 0.399 e. The monoisotopic (exact) mass is 271 g/mol. The first-order valence-electron chi connectivity index (χ1n) is 5.65. The number of benzene rings is 1. The lowest BCUT2D eigenvalue weighted by Crippen LogP contribution is -2.12. The molecule has 0 radical (unpaired) electrons. The number of aryl methyl sites for hydroxylation is 2. The maximum atomic E-state index is 12.1. The van der Waals surface area contributed by atoms with E-state index in [4.69, 9.17) is 10.3 Å². The Morgan fingerprint density at radius 2 is 2.00 bits per heavy atom. The smallest absolute Gasteiger partial charge is 0.396 e. The van der Waals surface area contributed by atoms with Gasteiger partial charge in [-0.15, -0.1) is 0 Å². The highest BCUT2D eigenvalue weighted by atomic mass is 19.4. The molecule has 0 unspecified atom stereocenters. The number of nitrogens with zero attached hydrogens (tertiary/aromatic N) is 2. The summed E-state index contributed by atoms with van der Waals surface area (Å²) >= 11 is 0. The maximum absolute atomic E-state index is 12.1. The third-order valence-electron chi connectivity index (χ3n) is 2.45. The summed E-state index contributed by atoms with van der Waals surface area (Å²) in [6.07, 6.45) is -4.53. The molecule has 2 rings (SSSR count). The Hall–Kier alpha value is -2.05. The molecule has 0 saturated heterocycles. The van der Waals surface area contributed by atoms with Crippen molar-refractivity contribution in [2.24, 2.45) is 0 Å². The Balaban J connectivity index is 1.93. The van der Waals surface area contributed by atoms with Gasteiger partial charge in [0.25, 0.3) is 0 Å². The van der Waals surface area contributed by atoms with Gasteiger partial charge in [-0.25, -0.2) is 0 Å². The molecule has 2 N–H and O–H groups in total. The minimum Gasteiger partial charge on any atom is -0.399 e. The van der Waals surface area contributed by atoms with Crippen LogP contribution < -0.4 is 5.73 Å². The van der Waals surface area contributed by atoms with E-state index in [1.165, 1.54) is 0 Å². The SMILES string of the molecule is Nc1cccc(CCc2nc(CC(F)(F)F)no2)c1. The molecule has 0 aliphatic heterocycles. The number of rotatable bonds is 4. The second-order valence-corrected chi connectivity index (χ2v) is 4.14. The average molecular weight is 271 g/mol. The van der Waals surface area contributed by atoms with Gasteiger partial charge in [-0.2, -0.15) is 18.2 Å². The Labute approximate surface area is 107 Å². The van der Waals surface area contributed by atoms with Crippen molar-refractivity contribution >= 4 is 5.69 Å². The van der Waals surface area contributed by atoms with Crippen LogP contribution in [-0.2, 0) is 19.3 Å². The minimum absolute atomic E-state index is 0.196. The van der Waals surface area contributed by atoms with Crippen LogP contribution in [0, 0.1) is 0 Å². The molecule has 0 bridgehead atoms. The number of alkyl halides is 3. The highest BCUT2D eigenvalue weighted by molar-refractivity contribution is 5.40. The molecule has 0 saturated carbocycles.